The van der Waals surface area contributed by atoms with Crippen molar-refractivity contribution in [3.8, 4) is 0 Å². The highest BCUT2D eigenvalue weighted by Gasteiger charge is 2.38. The fourth-order valence-electron chi connectivity index (χ4n) is 2.56. The number of hydrogen-bond donors (Lipinski definition) is 1. The van der Waals surface area contributed by atoms with Crippen molar-refractivity contribution in [3.05, 3.63) is 34.6 Å². The summed E-state index contributed by atoms with van der Waals surface area (Å²) < 4.78 is 66.5. The Balaban J connectivity index is 2.50. The molecule has 3 nitrogen and oxygen atoms in total. The maximum Gasteiger partial charge on any atom is 0.260 e. The molecule has 116 valence electrons. The van der Waals surface area contributed by atoms with E-state index in [1.807, 2.05) is 0 Å². The first-order valence-electron chi connectivity index (χ1n) is 6.33. The van der Waals surface area contributed by atoms with Gasteiger partial charge in [-0.25, -0.2) is 22.0 Å². The van der Waals surface area contributed by atoms with Crippen molar-refractivity contribution in [3.63, 3.8) is 0 Å². The van der Waals surface area contributed by atoms with Gasteiger partial charge in [-0.2, -0.15) is 0 Å². The van der Waals surface area contributed by atoms with Gasteiger partial charge in [-0.15, -0.1) is 0 Å². The normalized spacial score (nSPS) is 22.0. The van der Waals surface area contributed by atoms with Gasteiger partial charge in [-0.1, -0.05) is 6.92 Å². The van der Waals surface area contributed by atoms with Gasteiger partial charge in [0.25, 0.3) is 5.91 Å². The van der Waals surface area contributed by atoms with Crippen LogP contribution < -0.4 is 5.73 Å². The molecular formula is C13H13F5N2O. The number of halogens is 5. The molecule has 0 aromatic heterocycles. The number of amides is 1. The van der Waals surface area contributed by atoms with Crippen LogP contribution in [0.3, 0.4) is 0 Å². The van der Waals surface area contributed by atoms with E-state index >= 15 is 0 Å². The van der Waals surface area contributed by atoms with E-state index in [2.05, 4.69) is 0 Å². The lowest BCUT2D eigenvalue weighted by Gasteiger charge is -2.26. The fraction of sp³-hybridized carbons (Fsp3) is 0.462. The lowest BCUT2D eigenvalue weighted by atomic mass is 10.0. The van der Waals surface area contributed by atoms with Crippen molar-refractivity contribution in [2.75, 3.05) is 13.1 Å². The first-order chi connectivity index (χ1) is 9.81. The second-order valence-electron chi connectivity index (χ2n) is 5.01. The molecule has 2 N–H and O–H groups in total. The third-order valence-electron chi connectivity index (χ3n) is 3.81. The van der Waals surface area contributed by atoms with E-state index in [-0.39, 0.29) is 19.0 Å². The zero-order chi connectivity index (χ0) is 15.9. The zero-order valence-electron chi connectivity index (χ0n) is 11.1. The summed E-state index contributed by atoms with van der Waals surface area (Å²) in [7, 11) is 0. The summed E-state index contributed by atoms with van der Waals surface area (Å²) in [6.07, 6.45) is 0.545. The minimum absolute atomic E-state index is 0.0137. The van der Waals surface area contributed by atoms with Crippen molar-refractivity contribution in [2.45, 2.75) is 19.4 Å². The third-order valence-corrected chi connectivity index (χ3v) is 3.81. The van der Waals surface area contributed by atoms with Crippen molar-refractivity contribution in [1.82, 2.24) is 4.90 Å². The number of carbonyl (C=O) groups is 1. The van der Waals surface area contributed by atoms with Gasteiger partial charge in [0, 0.05) is 19.1 Å². The van der Waals surface area contributed by atoms with Crippen molar-refractivity contribution >= 4 is 5.91 Å². The van der Waals surface area contributed by atoms with E-state index < -0.39 is 46.6 Å². The molecule has 2 atom stereocenters. The Kier molecular flexibility index (Phi) is 4.18. The van der Waals surface area contributed by atoms with Crippen LogP contribution in [0.4, 0.5) is 22.0 Å². The van der Waals surface area contributed by atoms with Crippen LogP contribution in [-0.4, -0.2) is 29.9 Å². The minimum Gasteiger partial charge on any atom is -0.334 e. The van der Waals surface area contributed by atoms with Crippen LogP contribution in [0.5, 0.6) is 0 Å². The number of benzene rings is 1. The van der Waals surface area contributed by atoms with Gasteiger partial charge in [0.1, 0.15) is 5.56 Å². The highest BCUT2D eigenvalue weighted by molar-refractivity contribution is 5.95. The Morgan fingerprint density at radius 2 is 1.57 bits per heavy atom. The van der Waals surface area contributed by atoms with Crippen LogP contribution in [0, 0.1) is 35.0 Å². The standard InChI is InChI=1S/C13H13F5N2O/c1-5-2-3-20(6(5)4-19)13(21)7-8(14)10(16)12(18)11(17)9(7)15/h5-6H,2-4,19H2,1H3. The molecule has 1 heterocycles. The molecule has 1 aromatic carbocycles. The summed E-state index contributed by atoms with van der Waals surface area (Å²) in [6.45, 7) is 1.99. The molecule has 1 amide bonds. The molecule has 21 heavy (non-hydrogen) atoms. The molecule has 2 unspecified atom stereocenters. The van der Waals surface area contributed by atoms with Crippen LogP contribution in [-0.2, 0) is 0 Å². The van der Waals surface area contributed by atoms with Crippen LogP contribution >= 0.6 is 0 Å². The van der Waals surface area contributed by atoms with E-state index in [0.29, 0.717) is 6.42 Å². The maximum atomic E-state index is 13.6. The first-order valence-corrected chi connectivity index (χ1v) is 6.33. The summed E-state index contributed by atoms with van der Waals surface area (Å²) >= 11 is 0. The number of nitrogens with two attached hydrogens (primary N) is 1. The van der Waals surface area contributed by atoms with Crippen molar-refractivity contribution in [2.24, 2.45) is 11.7 Å². The summed E-state index contributed by atoms with van der Waals surface area (Å²) in [5.41, 5.74) is 4.07. The summed E-state index contributed by atoms with van der Waals surface area (Å²) in [4.78, 5) is 13.2. The van der Waals surface area contributed by atoms with E-state index in [1.54, 1.807) is 6.92 Å². The quantitative estimate of drug-likeness (QED) is 0.517. The van der Waals surface area contributed by atoms with Gasteiger partial charge in [0.2, 0.25) is 5.82 Å². The van der Waals surface area contributed by atoms with E-state index in [9.17, 15) is 26.7 Å². The van der Waals surface area contributed by atoms with Crippen molar-refractivity contribution < 1.29 is 26.7 Å². The molecule has 1 aliphatic heterocycles. The largest absolute Gasteiger partial charge is 0.334 e. The predicted octanol–water partition coefficient (Wildman–Crippen LogP) is 2.19. The molecule has 8 heteroatoms. The average Bonchev–Trinajstić information content (AvgIpc) is 2.84. The van der Waals surface area contributed by atoms with Gasteiger partial charge in [0.05, 0.1) is 0 Å². The van der Waals surface area contributed by atoms with Gasteiger partial charge in [0.15, 0.2) is 23.3 Å². The number of likely N-dealkylation sites (tertiary alicyclic amines) is 1. The molecule has 1 fully saturated rings. The van der Waals surface area contributed by atoms with Crippen molar-refractivity contribution in [1.29, 1.82) is 0 Å². The zero-order valence-corrected chi connectivity index (χ0v) is 11.1. The topological polar surface area (TPSA) is 46.3 Å². The predicted molar refractivity (Wildman–Crippen MR) is 63.9 cm³/mol. The van der Waals surface area contributed by atoms with Gasteiger partial charge in [-0.3, -0.25) is 4.79 Å². The molecule has 0 aliphatic carbocycles. The van der Waals surface area contributed by atoms with Crippen LogP contribution in [0.1, 0.15) is 23.7 Å². The first kappa shape index (κ1) is 15.7. The number of hydrogen-bond acceptors (Lipinski definition) is 2. The van der Waals surface area contributed by atoms with Gasteiger partial charge >= 0.3 is 0 Å². The molecule has 1 aliphatic rings. The third kappa shape index (κ3) is 2.37. The highest BCUT2D eigenvalue weighted by Crippen LogP contribution is 2.29. The molecule has 2 rings (SSSR count). The lowest BCUT2D eigenvalue weighted by Crippen LogP contribution is -2.43. The van der Waals surface area contributed by atoms with Crippen LogP contribution in [0.15, 0.2) is 0 Å². The Hall–Kier alpha value is -1.70. The highest BCUT2D eigenvalue weighted by atomic mass is 19.2. The second-order valence-corrected chi connectivity index (χ2v) is 5.01. The smallest absolute Gasteiger partial charge is 0.260 e. The lowest BCUT2D eigenvalue weighted by molar-refractivity contribution is 0.0714. The van der Waals surface area contributed by atoms with E-state index in [4.69, 9.17) is 5.73 Å². The van der Waals surface area contributed by atoms with E-state index in [1.165, 1.54) is 0 Å². The van der Waals surface area contributed by atoms with E-state index in [0.717, 1.165) is 4.90 Å². The van der Waals surface area contributed by atoms with Crippen LogP contribution in [0.25, 0.3) is 0 Å². The molecule has 1 aromatic rings. The Morgan fingerprint density at radius 3 is 2.05 bits per heavy atom. The molecule has 0 radical (unpaired) electrons. The maximum absolute atomic E-state index is 13.6. The minimum atomic E-state index is -2.29. The molecular weight excluding hydrogens is 295 g/mol. The number of nitrogens with zero attached hydrogens (tertiary/aromatic N) is 1. The van der Waals surface area contributed by atoms with Gasteiger partial charge < -0.3 is 10.6 Å². The SMILES string of the molecule is CC1CCN(C(=O)c2c(F)c(F)c(F)c(F)c2F)C1CN. The second kappa shape index (κ2) is 5.59. The monoisotopic (exact) mass is 308 g/mol. The molecule has 1 saturated heterocycles. The Bertz CT molecular complexity index is 563. The van der Waals surface area contributed by atoms with Crippen LogP contribution in [0.2, 0.25) is 0 Å². The summed E-state index contributed by atoms with van der Waals surface area (Å²) in [5.74, 6) is -12.0. The summed E-state index contributed by atoms with van der Waals surface area (Å²) in [5, 5.41) is 0. The van der Waals surface area contributed by atoms with Gasteiger partial charge in [-0.05, 0) is 12.3 Å². The number of rotatable bonds is 2. The number of carbonyl (C=O) groups excluding carboxylic acids is 1. The Labute approximate surface area is 117 Å². The molecule has 0 bridgehead atoms. The Morgan fingerprint density at radius 1 is 1.10 bits per heavy atom. The average molecular weight is 308 g/mol. The fourth-order valence-corrected chi connectivity index (χ4v) is 2.56. The molecule has 0 saturated carbocycles. The summed E-state index contributed by atoms with van der Waals surface area (Å²) in [6, 6.07) is -0.493. The molecule has 0 spiro atoms.